The molecule has 0 aliphatic heterocycles. The molecular formula is C19H17N5O2. The predicted octanol–water partition coefficient (Wildman–Crippen LogP) is 3.49. The number of carbonyl (C=O) groups is 1. The highest BCUT2D eigenvalue weighted by Gasteiger charge is 2.16. The van der Waals surface area contributed by atoms with Gasteiger partial charge in [0.05, 0.1) is 5.56 Å². The maximum absolute atomic E-state index is 11.1. The van der Waals surface area contributed by atoms with Gasteiger partial charge in [0.1, 0.15) is 17.9 Å². The van der Waals surface area contributed by atoms with Crippen molar-refractivity contribution in [3.63, 3.8) is 0 Å². The summed E-state index contributed by atoms with van der Waals surface area (Å²) in [6, 6.07) is 8.79. The molecule has 7 nitrogen and oxygen atoms in total. The van der Waals surface area contributed by atoms with Crippen LogP contribution in [0, 0.1) is 12.3 Å². The van der Waals surface area contributed by atoms with Gasteiger partial charge in [-0.15, -0.1) is 0 Å². The number of nitrogens with one attached hydrogen (secondary N) is 2. The van der Waals surface area contributed by atoms with Crippen molar-refractivity contribution in [2.45, 2.75) is 6.92 Å². The molecule has 1 aromatic carbocycles. The summed E-state index contributed by atoms with van der Waals surface area (Å²) in [7, 11) is 1.71. The van der Waals surface area contributed by atoms with Crippen LogP contribution in [0.1, 0.15) is 21.5 Å². The number of aldehydes is 1. The van der Waals surface area contributed by atoms with E-state index in [9.17, 15) is 4.79 Å². The van der Waals surface area contributed by atoms with Gasteiger partial charge in [0.25, 0.3) is 0 Å². The van der Waals surface area contributed by atoms with Gasteiger partial charge in [-0.05, 0) is 30.7 Å². The quantitative estimate of drug-likeness (QED) is 0.523. The third-order valence-electron chi connectivity index (χ3n) is 3.77. The Hall–Kier alpha value is -3.61. The zero-order chi connectivity index (χ0) is 18.5. The van der Waals surface area contributed by atoms with Crippen molar-refractivity contribution < 1.29 is 9.53 Å². The van der Waals surface area contributed by atoms with Gasteiger partial charge in [0.15, 0.2) is 5.82 Å². The highest BCUT2D eigenvalue weighted by atomic mass is 16.5. The van der Waals surface area contributed by atoms with Gasteiger partial charge in [-0.25, -0.2) is 4.98 Å². The summed E-state index contributed by atoms with van der Waals surface area (Å²) in [4.78, 5) is 24.0. The summed E-state index contributed by atoms with van der Waals surface area (Å²) in [5.74, 6) is 1.61. The molecule has 0 bridgehead atoms. The number of aryl methyl sites for hydroxylation is 1. The normalized spacial score (nSPS) is 10.2. The molecule has 130 valence electrons. The van der Waals surface area contributed by atoms with Crippen LogP contribution in [0.4, 0.5) is 5.82 Å². The Balaban J connectivity index is 2.13. The fraction of sp³-hybridized carbons (Fsp3) is 0.105. The molecule has 2 N–H and O–H groups in total. The van der Waals surface area contributed by atoms with Gasteiger partial charge in [0, 0.05) is 36.8 Å². The number of pyridine rings is 1. The maximum Gasteiger partial charge on any atom is 0.233 e. The molecule has 3 aromatic rings. The zero-order valence-corrected chi connectivity index (χ0v) is 14.4. The smallest absolute Gasteiger partial charge is 0.233 e. The van der Waals surface area contributed by atoms with Gasteiger partial charge in [0.2, 0.25) is 5.88 Å². The third-order valence-corrected chi connectivity index (χ3v) is 3.77. The second-order valence-electron chi connectivity index (χ2n) is 5.50. The molecule has 0 saturated heterocycles. The number of hydrogen-bond acceptors (Lipinski definition) is 7. The van der Waals surface area contributed by atoms with Gasteiger partial charge >= 0.3 is 0 Å². The topological polar surface area (TPSA) is 101 Å². The Labute approximate surface area is 150 Å². The van der Waals surface area contributed by atoms with Gasteiger partial charge in [-0.3, -0.25) is 9.78 Å². The van der Waals surface area contributed by atoms with Crippen molar-refractivity contribution in [2.24, 2.45) is 0 Å². The molecule has 26 heavy (non-hydrogen) atoms. The Morgan fingerprint density at radius 3 is 2.73 bits per heavy atom. The molecule has 7 heteroatoms. The average molecular weight is 347 g/mol. The second-order valence-corrected chi connectivity index (χ2v) is 5.50. The van der Waals surface area contributed by atoms with Crippen LogP contribution in [0.5, 0.6) is 11.6 Å². The van der Waals surface area contributed by atoms with Crippen LogP contribution in [0.3, 0.4) is 0 Å². The number of ether oxygens (including phenoxy) is 1. The highest BCUT2D eigenvalue weighted by molar-refractivity contribution is 5.88. The number of rotatable bonds is 6. The van der Waals surface area contributed by atoms with Gasteiger partial charge < -0.3 is 15.5 Å². The molecule has 0 aliphatic rings. The first-order valence-corrected chi connectivity index (χ1v) is 7.90. The van der Waals surface area contributed by atoms with Crippen LogP contribution < -0.4 is 10.1 Å². The molecular weight excluding hydrogens is 330 g/mol. The van der Waals surface area contributed by atoms with Crippen LogP contribution in [0.2, 0.25) is 0 Å². The van der Waals surface area contributed by atoms with Crippen molar-refractivity contribution in [3.05, 3.63) is 59.4 Å². The van der Waals surface area contributed by atoms with E-state index in [1.165, 1.54) is 0 Å². The van der Waals surface area contributed by atoms with E-state index >= 15 is 0 Å². The van der Waals surface area contributed by atoms with Crippen molar-refractivity contribution in [1.29, 1.82) is 5.41 Å². The van der Waals surface area contributed by atoms with E-state index in [4.69, 9.17) is 10.1 Å². The van der Waals surface area contributed by atoms with Gasteiger partial charge in [-0.1, -0.05) is 12.1 Å². The van der Waals surface area contributed by atoms with Crippen molar-refractivity contribution >= 4 is 18.3 Å². The van der Waals surface area contributed by atoms with Crippen molar-refractivity contribution in [1.82, 2.24) is 15.0 Å². The van der Waals surface area contributed by atoms with Crippen molar-refractivity contribution in [2.75, 3.05) is 12.4 Å². The molecule has 0 spiro atoms. The lowest BCUT2D eigenvalue weighted by atomic mass is 10.1. The third kappa shape index (κ3) is 3.41. The summed E-state index contributed by atoms with van der Waals surface area (Å²) in [6.07, 6.45) is 5.21. The highest BCUT2D eigenvalue weighted by Crippen LogP contribution is 2.31. The molecule has 0 unspecified atom stereocenters. The molecule has 2 aromatic heterocycles. The molecule has 3 rings (SSSR count). The average Bonchev–Trinajstić information content (AvgIpc) is 2.69. The van der Waals surface area contributed by atoms with Gasteiger partial charge in [-0.2, -0.15) is 4.98 Å². The van der Waals surface area contributed by atoms with E-state index in [1.807, 2.05) is 13.0 Å². The lowest BCUT2D eigenvalue weighted by Gasteiger charge is -2.14. The second kappa shape index (κ2) is 7.52. The Kier molecular flexibility index (Phi) is 4.98. The summed E-state index contributed by atoms with van der Waals surface area (Å²) in [6.45, 7) is 1.87. The van der Waals surface area contributed by atoms with Crippen LogP contribution in [-0.2, 0) is 0 Å². The van der Waals surface area contributed by atoms with E-state index in [0.29, 0.717) is 28.5 Å². The first-order valence-electron chi connectivity index (χ1n) is 7.90. The summed E-state index contributed by atoms with van der Waals surface area (Å²) in [5, 5.41) is 10.7. The number of hydrogen-bond donors (Lipinski definition) is 2. The number of benzene rings is 1. The fourth-order valence-electron chi connectivity index (χ4n) is 2.38. The summed E-state index contributed by atoms with van der Waals surface area (Å²) >= 11 is 0. The molecule has 0 radical (unpaired) electrons. The molecule has 0 saturated carbocycles. The summed E-state index contributed by atoms with van der Waals surface area (Å²) in [5.41, 5.74) is 2.48. The molecule has 2 heterocycles. The first-order chi connectivity index (χ1) is 12.7. The van der Waals surface area contributed by atoms with Crippen LogP contribution in [0.25, 0.3) is 11.4 Å². The van der Waals surface area contributed by atoms with E-state index in [2.05, 4.69) is 20.3 Å². The minimum Gasteiger partial charge on any atom is -0.438 e. The number of carbonyl (C=O) groups excluding carboxylic acids is 1. The molecule has 0 atom stereocenters. The standard InChI is InChI=1S/C19H17N5O2/c1-12-5-6-13(11-25)8-16(12)26-19-15(9-20)18(21-2)23-17(24-19)14-4-3-7-22-10-14/h3-11,20H,1-2H3,(H,21,23,24). The molecule has 0 fully saturated rings. The lowest BCUT2D eigenvalue weighted by Crippen LogP contribution is -2.06. The fourth-order valence-corrected chi connectivity index (χ4v) is 2.38. The Morgan fingerprint density at radius 2 is 2.08 bits per heavy atom. The molecule has 0 amide bonds. The number of aromatic nitrogens is 3. The van der Waals surface area contributed by atoms with E-state index in [-0.39, 0.29) is 5.88 Å². The Morgan fingerprint density at radius 1 is 1.23 bits per heavy atom. The number of anilines is 1. The van der Waals surface area contributed by atoms with Crippen LogP contribution in [0.15, 0.2) is 42.7 Å². The van der Waals surface area contributed by atoms with E-state index < -0.39 is 0 Å². The zero-order valence-electron chi connectivity index (χ0n) is 14.4. The SMILES string of the molecule is CNc1nc(-c2cccnc2)nc(Oc2cc(C=O)ccc2C)c1C=N. The Bertz CT molecular complexity index is 958. The van der Waals surface area contributed by atoms with Crippen LogP contribution >= 0.6 is 0 Å². The maximum atomic E-state index is 11.1. The first kappa shape index (κ1) is 17.2. The van der Waals surface area contributed by atoms with E-state index in [0.717, 1.165) is 23.6 Å². The predicted molar refractivity (Wildman–Crippen MR) is 99.3 cm³/mol. The monoisotopic (exact) mass is 347 g/mol. The minimum atomic E-state index is 0.226. The van der Waals surface area contributed by atoms with E-state index in [1.54, 1.807) is 43.7 Å². The minimum absolute atomic E-state index is 0.226. The molecule has 0 aliphatic carbocycles. The summed E-state index contributed by atoms with van der Waals surface area (Å²) < 4.78 is 5.96. The largest absolute Gasteiger partial charge is 0.438 e. The number of nitrogens with zero attached hydrogens (tertiary/aromatic N) is 3. The van der Waals surface area contributed by atoms with Crippen molar-refractivity contribution in [3.8, 4) is 23.0 Å². The van der Waals surface area contributed by atoms with Crippen LogP contribution in [-0.4, -0.2) is 34.5 Å². The lowest BCUT2D eigenvalue weighted by molar-refractivity contribution is 0.112.